The van der Waals surface area contributed by atoms with E-state index >= 15 is 0 Å². The topological polar surface area (TPSA) is 40.5 Å². The van der Waals surface area contributed by atoms with E-state index in [0.29, 0.717) is 17.9 Å². The highest BCUT2D eigenvalue weighted by molar-refractivity contribution is 5.66. The van der Waals surface area contributed by atoms with Gasteiger partial charge in [-0.15, -0.1) is 0 Å². The van der Waals surface area contributed by atoms with Gasteiger partial charge in [0.25, 0.3) is 0 Å². The summed E-state index contributed by atoms with van der Waals surface area (Å²) in [6, 6.07) is 0.414. The highest BCUT2D eigenvalue weighted by Crippen LogP contribution is 2.30. The summed E-state index contributed by atoms with van der Waals surface area (Å²) in [4.78, 5) is 12.9. The summed E-state index contributed by atoms with van der Waals surface area (Å²) >= 11 is 0. The Balaban J connectivity index is 2.30. The van der Waals surface area contributed by atoms with Crippen molar-refractivity contribution in [2.45, 2.75) is 52.5 Å². The highest BCUT2D eigenvalue weighted by Gasteiger charge is 2.27. The summed E-state index contributed by atoms with van der Waals surface area (Å²) in [6.45, 7) is 9.00. The lowest BCUT2D eigenvalue weighted by molar-refractivity contribution is -0.137. The van der Waals surface area contributed by atoms with Crippen LogP contribution < -0.4 is 0 Å². The van der Waals surface area contributed by atoms with Gasteiger partial charge in [0.2, 0.25) is 0 Å². The first-order valence-corrected chi connectivity index (χ1v) is 5.86. The third kappa shape index (κ3) is 4.20. The molecule has 3 heteroatoms. The van der Waals surface area contributed by atoms with Gasteiger partial charge in [0.05, 0.1) is 0 Å². The molecule has 1 aliphatic rings. The van der Waals surface area contributed by atoms with Crippen molar-refractivity contribution in [3.63, 3.8) is 0 Å². The summed E-state index contributed by atoms with van der Waals surface area (Å²) in [5.74, 6) is -0.681. The van der Waals surface area contributed by atoms with Crippen LogP contribution in [0.5, 0.6) is 0 Å². The predicted octanol–water partition coefficient (Wildman–Crippen LogP) is 2.36. The van der Waals surface area contributed by atoms with Crippen LogP contribution in [0.15, 0.2) is 0 Å². The van der Waals surface area contributed by atoms with Crippen LogP contribution in [0.2, 0.25) is 0 Å². The van der Waals surface area contributed by atoms with Crippen molar-refractivity contribution in [2.75, 3.05) is 13.1 Å². The van der Waals surface area contributed by atoms with Gasteiger partial charge < -0.3 is 10.0 Å². The molecule has 0 bridgehead atoms. The van der Waals surface area contributed by atoms with Crippen molar-refractivity contribution in [3.05, 3.63) is 0 Å². The number of piperidine rings is 1. The molecule has 0 amide bonds. The van der Waals surface area contributed by atoms with Crippen molar-refractivity contribution in [1.29, 1.82) is 0 Å². The molecule has 88 valence electrons. The summed E-state index contributed by atoms with van der Waals surface area (Å²) in [6.07, 6.45) is 3.52. The van der Waals surface area contributed by atoms with E-state index in [-0.39, 0.29) is 0 Å². The second-order valence-electron chi connectivity index (χ2n) is 5.48. The fourth-order valence-electron chi connectivity index (χ4n) is 2.09. The van der Waals surface area contributed by atoms with Crippen LogP contribution in [-0.2, 0) is 4.79 Å². The van der Waals surface area contributed by atoms with Gasteiger partial charge in [-0.2, -0.15) is 0 Å². The second-order valence-corrected chi connectivity index (χ2v) is 5.48. The van der Waals surface area contributed by atoms with E-state index in [4.69, 9.17) is 5.11 Å². The first-order valence-electron chi connectivity index (χ1n) is 5.86. The zero-order chi connectivity index (χ0) is 11.5. The van der Waals surface area contributed by atoms with Crippen molar-refractivity contribution in [1.82, 2.24) is 4.90 Å². The number of aliphatic carboxylic acids is 1. The monoisotopic (exact) mass is 213 g/mol. The van der Waals surface area contributed by atoms with Crippen LogP contribution in [-0.4, -0.2) is 35.1 Å². The third-order valence-electron chi connectivity index (χ3n) is 3.55. The minimum atomic E-state index is -0.681. The van der Waals surface area contributed by atoms with Crippen molar-refractivity contribution < 1.29 is 9.90 Å². The molecule has 1 aliphatic heterocycles. The summed E-state index contributed by atoms with van der Waals surface area (Å²) in [7, 11) is 0. The molecule has 0 spiro atoms. The molecule has 1 N–H and O–H groups in total. The molecule has 0 saturated carbocycles. The third-order valence-corrected chi connectivity index (χ3v) is 3.55. The molecule has 1 fully saturated rings. The van der Waals surface area contributed by atoms with E-state index in [0.717, 1.165) is 19.5 Å². The van der Waals surface area contributed by atoms with Gasteiger partial charge in [0.1, 0.15) is 0 Å². The fourth-order valence-corrected chi connectivity index (χ4v) is 2.09. The fraction of sp³-hybridized carbons (Fsp3) is 0.917. The van der Waals surface area contributed by atoms with E-state index < -0.39 is 5.97 Å². The van der Waals surface area contributed by atoms with Gasteiger partial charge >= 0.3 is 5.97 Å². The van der Waals surface area contributed by atoms with Crippen LogP contribution >= 0.6 is 0 Å². The highest BCUT2D eigenvalue weighted by atomic mass is 16.4. The van der Waals surface area contributed by atoms with Gasteiger partial charge in [-0.1, -0.05) is 13.8 Å². The number of hydrogen-bond donors (Lipinski definition) is 1. The van der Waals surface area contributed by atoms with Crippen molar-refractivity contribution >= 4 is 5.97 Å². The smallest absolute Gasteiger partial charge is 0.303 e. The van der Waals surface area contributed by atoms with E-state index in [9.17, 15) is 4.79 Å². The minimum absolute atomic E-state index is 0.293. The van der Waals surface area contributed by atoms with Crippen LogP contribution in [0.3, 0.4) is 0 Å². The SMILES string of the molecule is CC(CCC(=O)O)N1CCC(C)(C)CC1. The number of hydrogen-bond acceptors (Lipinski definition) is 2. The first-order chi connectivity index (χ1) is 6.91. The molecule has 1 atom stereocenters. The lowest BCUT2D eigenvalue weighted by Gasteiger charge is -2.39. The lowest BCUT2D eigenvalue weighted by Crippen LogP contribution is -2.42. The van der Waals surface area contributed by atoms with Crippen LogP contribution in [0, 0.1) is 5.41 Å². The summed E-state index contributed by atoms with van der Waals surface area (Å²) < 4.78 is 0. The van der Waals surface area contributed by atoms with E-state index in [1.54, 1.807) is 0 Å². The molecule has 3 nitrogen and oxygen atoms in total. The molecule has 1 unspecified atom stereocenters. The molecule has 1 rings (SSSR count). The van der Waals surface area contributed by atoms with Gasteiger partial charge in [0, 0.05) is 12.5 Å². The summed E-state index contributed by atoms with van der Waals surface area (Å²) in [5, 5.41) is 8.63. The molecular weight excluding hydrogens is 190 g/mol. The standard InChI is InChI=1S/C12H23NO2/c1-10(4-5-11(14)15)13-8-6-12(2,3)7-9-13/h10H,4-9H2,1-3H3,(H,14,15). The van der Waals surface area contributed by atoms with Crippen LogP contribution in [0.1, 0.15) is 46.5 Å². The van der Waals surface area contributed by atoms with Gasteiger partial charge in [-0.05, 0) is 44.7 Å². The average Bonchev–Trinajstić information content (AvgIpc) is 2.14. The number of rotatable bonds is 4. The van der Waals surface area contributed by atoms with Crippen LogP contribution in [0.25, 0.3) is 0 Å². The van der Waals surface area contributed by atoms with E-state index in [2.05, 4.69) is 25.7 Å². The normalized spacial score (nSPS) is 23.7. The average molecular weight is 213 g/mol. The Labute approximate surface area is 92.5 Å². The number of carboxylic acid groups (broad SMARTS) is 1. The number of carboxylic acids is 1. The molecule has 0 aromatic carbocycles. The Bertz CT molecular complexity index is 216. The van der Waals surface area contributed by atoms with Crippen molar-refractivity contribution in [2.24, 2.45) is 5.41 Å². The maximum atomic E-state index is 10.5. The molecule has 0 radical (unpaired) electrons. The Hall–Kier alpha value is -0.570. The Kier molecular flexibility index (Phi) is 4.14. The molecule has 1 heterocycles. The van der Waals surface area contributed by atoms with Crippen LogP contribution in [0.4, 0.5) is 0 Å². The molecule has 1 saturated heterocycles. The zero-order valence-electron chi connectivity index (χ0n) is 10.1. The zero-order valence-corrected chi connectivity index (χ0v) is 10.1. The minimum Gasteiger partial charge on any atom is -0.481 e. The quantitative estimate of drug-likeness (QED) is 0.779. The summed E-state index contributed by atoms with van der Waals surface area (Å²) in [5.41, 5.74) is 0.475. The molecule has 0 aromatic rings. The van der Waals surface area contributed by atoms with Gasteiger partial charge in [-0.3, -0.25) is 4.79 Å². The van der Waals surface area contributed by atoms with Gasteiger partial charge in [-0.25, -0.2) is 0 Å². The lowest BCUT2D eigenvalue weighted by atomic mass is 9.82. The van der Waals surface area contributed by atoms with Gasteiger partial charge in [0.15, 0.2) is 0 Å². The molecule has 0 aromatic heterocycles. The Morgan fingerprint density at radius 2 is 1.93 bits per heavy atom. The Morgan fingerprint density at radius 3 is 2.40 bits per heavy atom. The van der Waals surface area contributed by atoms with E-state index in [1.165, 1.54) is 12.8 Å². The maximum Gasteiger partial charge on any atom is 0.303 e. The largest absolute Gasteiger partial charge is 0.481 e. The van der Waals surface area contributed by atoms with Crippen molar-refractivity contribution in [3.8, 4) is 0 Å². The molecular formula is C12H23NO2. The Morgan fingerprint density at radius 1 is 1.40 bits per heavy atom. The predicted molar refractivity (Wildman–Crippen MR) is 60.9 cm³/mol. The number of carbonyl (C=O) groups is 1. The number of likely N-dealkylation sites (tertiary alicyclic amines) is 1. The number of nitrogens with zero attached hydrogens (tertiary/aromatic N) is 1. The first kappa shape index (κ1) is 12.5. The second kappa shape index (κ2) is 4.97. The van der Waals surface area contributed by atoms with E-state index in [1.807, 2.05) is 0 Å². The molecule has 0 aliphatic carbocycles. The maximum absolute atomic E-state index is 10.5. The molecule has 15 heavy (non-hydrogen) atoms.